The predicted molar refractivity (Wildman–Crippen MR) is 209 cm³/mol. The van der Waals surface area contributed by atoms with Crippen LogP contribution < -0.4 is 4.90 Å². The summed E-state index contributed by atoms with van der Waals surface area (Å²) in [5.41, 5.74) is 5.88. The van der Waals surface area contributed by atoms with E-state index in [9.17, 15) is 0 Å². The Bertz CT molecular complexity index is 2830. The van der Waals surface area contributed by atoms with Crippen LogP contribution in [0.5, 0.6) is 0 Å². The predicted octanol–water partition coefficient (Wildman–Crippen LogP) is 13.8. The van der Waals surface area contributed by atoms with Gasteiger partial charge in [0.15, 0.2) is 0 Å². The standard InChI is InChI=1S/C46H29NS/c1-2-12-35(13-3-1)47(37-24-20-32-27-43-40-16-8-9-17-44(40)48-45(43)29-34(32)26-37)36-22-18-31(19-23-36)42-28-33-11-5-6-14-38(33)41-25-21-30-10-4-7-15-39(30)46(41)42/h1-29H. The zero-order valence-corrected chi connectivity index (χ0v) is 26.9. The molecule has 10 rings (SSSR count). The van der Waals surface area contributed by atoms with Crippen molar-refractivity contribution in [1.82, 2.24) is 0 Å². The number of thiophene rings is 1. The van der Waals surface area contributed by atoms with Crippen molar-refractivity contribution in [3.63, 3.8) is 0 Å². The molecule has 1 nitrogen and oxygen atoms in total. The summed E-state index contributed by atoms with van der Waals surface area (Å²) in [7, 11) is 0. The lowest BCUT2D eigenvalue weighted by Crippen LogP contribution is -2.09. The van der Waals surface area contributed by atoms with E-state index in [-0.39, 0.29) is 0 Å². The van der Waals surface area contributed by atoms with E-state index in [2.05, 4.69) is 181 Å². The fourth-order valence-electron chi connectivity index (χ4n) is 7.52. The minimum Gasteiger partial charge on any atom is -0.310 e. The molecular formula is C46H29NS. The molecule has 0 amide bonds. The van der Waals surface area contributed by atoms with Crippen molar-refractivity contribution in [3.05, 3.63) is 176 Å². The number of hydrogen-bond donors (Lipinski definition) is 0. The number of anilines is 3. The molecule has 0 fully saturated rings. The van der Waals surface area contributed by atoms with Gasteiger partial charge in [0, 0.05) is 37.2 Å². The summed E-state index contributed by atoms with van der Waals surface area (Å²) < 4.78 is 2.66. The Morgan fingerprint density at radius 1 is 0.333 bits per heavy atom. The smallest absolute Gasteiger partial charge is 0.0468 e. The zero-order valence-electron chi connectivity index (χ0n) is 26.1. The highest BCUT2D eigenvalue weighted by atomic mass is 32.1. The largest absolute Gasteiger partial charge is 0.310 e. The quantitative estimate of drug-likeness (QED) is 0.176. The van der Waals surface area contributed by atoms with Gasteiger partial charge in [0.2, 0.25) is 0 Å². The molecule has 10 aromatic rings. The lowest BCUT2D eigenvalue weighted by Gasteiger charge is -2.26. The Morgan fingerprint density at radius 3 is 1.85 bits per heavy atom. The number of para-hydroxylation sites is 1. The second kappa shape index (κ2) is 10.8. The van der Waals surface area contributed by atoms with Gasteiger partial charge in [-0.15, -0.1) is 11.3 Å². The molecule has 0 aliphatic carbocycles. The van der Waals surface area contributed by atoms with Gasteiger partial charge in [0.1, 0.15) is 0 Å². The molecule has 0 bridgehead atoms. The lowest BCUT2D eigenvalue weighted by atomic mass is 9.90. The van der Waals surface area contributed by atoms with Gasteiger partial charge in [-0.05, 0) is 115 Å². The van der Waals surface area contributed by atoms with E-state index in [1.807, 2.05) is 11.3 Å². The van der Waals surface area contributed by atoms with Crippen LogP contribution >= 0.6 is 11.3 Å². The van der Waals surface area contributed by atoms with E-state index in [4.69, 9.17) is 0 Å². The number of rotatable bonds is 4. The Labute approximate surface area is 282 Å². The Kier molecular flexibility index (Phi) is 6.12. The van der Waals surface area contributed by atoms with Crippen molar-refractivity contribution in [3.8, 4) is 11.1 Å². The lowest BCUT2D eigenvalue weighted by molar-refractivity contribution is 1.29. The first-order valence-electron chi connectivity index (χ1n) is 16.4. The topological polar surface area (TPSA) is 3.24 Å². The van der Waals surface area contributed by atoms with Crippen molar-refractivity contribution in [2.24, 2.45) is 0 Å². The minimum absolute atomic E-state index is 1.13. The van der Waals surface area contributed by atoms with Crippen LogP contribution in [0.2, 0.25) is 0 Å². The summed E-state index contributed by atoms with van der Waals surface area (Å²) in [6, 6.07) is 64.5. The van der Waals surface area contributed by atoms with E-state index < -0.39 is 0 Å². The van der Waals surface area contributed by atoms with E-state index in [1.165, 1.54) is 74.4 Å². The molecule has 0 spiro atoms. The highest BCUT2D eigenvalue weighted by molar-refractivity contribution is 7.25. The summed E-state index contributed by atoms with van der Waals surface area (Å²) in [6.07, 6.45) is 0. The van der Waals surface area contributed by atoms with E-state index in [0.29, 0.717) is 0 Å². The third-order valence-electron chi connectivity index (χ3n) is 9.78. The Balaban J connectivity index is 1.13. The number of nitrogens with zero attached hydrogens (tertiary/aromatic N) is 1. The highest BCUT2D eigenvalue weighted by Crippen LogP contribution is 2.42. The van der Waals surface area contributed by atoms with Crippen molar-refractivity contribution < 1.29 is 0 Å². The monoisotopic (exact) mass is 627 g/mol. The summed E-state index contributed by atoms with van der Waals surface area (Å²) >= 11 is 1.87. The van der Waals surface area contributed by atoms with Crippen LogP contribution in [0.4, 0.5) is 17.1 Å². The average Bonchev–Trinajstić information content (AvgIpc) is 3.51. The van der Waals surface area contributed by atoms with Crippen LogP contribution in [0.1, 0.15) is 0 Å². The first-order valence-corrected chi connectivity index (χ1v) is 17.2. The van der Waals surface area contributed by atoms with Gasteiger partial charge in [-0.25, -0.2) is 0 Å². The fraction of sp³-hybridized carbons (Fsp3) is 0. The van der Waals surface area contributed by atoms with E-state index >= 15 is 0 Å². The number of hydrogen-bond acceptors (Lipinski definition) is 2. The molecule has 0 aliphatic rings. The molecule has 0 atom stereocenters. The van der Waals surface area contributed by atoms with Crippen LogP contribution in [-0.2, 0) is 0 Å². The molecule has 0 N–H and O–H groups in total. The molecule has 0 saturated heterocycles. The Hall–Kier alpha value is -5.96. The SMILES string of the molecule is c1ccc(N(c2ccc(-c3cc4ccccc4c4ccc5ccccc5c34)cc2)c2ccc3cc4c(cc3c2)sc2ccccc24)cc1. The van der Waals surface area contributed by atoms with Crippen LogP contribution in [0.3, 0.4) is 0 Å². The molecule has 48 heavy (non-hydrogen) atoms. The molecule has 1 heterocycles. The third-order valence-corrected chi connectivity index (χ3v) is 10.9. The third kappa shape index (κ3) is 4.31. The fourth-order valence-corrected chi connectivity index (χ4v) is 8.66. The van der Waals surface area contributed by atoms with Gasteiger partial charge in [0.05, 0.1) is 0 Å². The molecule has 0 saturated carbocycles. The van der Waals surface area contributed by atoms with Crippen molar-refractivity contribution in [2.75, 3.05) is 4.90 Å². The van der Waals surface area contributed by atoms with Gasteiger partial charge < -0.3 is 4.90 Å². The summed E-state index contributed by atoms with van der Waals surface area (Å²) in [5, 5.41) is 12.9. The average molecular weight is 628 g/mol. The molecule has 9 aromatic carbocycles. The van der Waals surface area contributed by atoms with E-state index in [1.54, 1.807) is 0 Å². The van der Waals surface area contributed by atoms with Crippen LogP contribution in [-0.4, -0.2) is 0 Å². The van der Waals surface area contributed by atoms with E-state index in [0.717, 1.165) is 17.1 Å². The van der Waals surface area contributed by atoms with Crippen LogP contribution in [0, 0.1) is 0 Å². The maximum Gasteiger partial charge on any atom is 0.0468 e. The van der Waals surface area contributed by atoms with Crippen LogP contribution in [0.15, 0.2) is 176 Å². The van der Waals surface area contributed by atoms with Gasteiger partial charge in [0.25, 0.3) is 0 Å². The second-order valence-corrected chi connectivity index (χ2v) is 13.6. The minimum atomic E-state index is 1.13. The van der Waals surface area contributed by atoms with Gasteiger partial charge in [-0.1, -0.05) is 115 Å². The normalized spacial score (nSPS) is 11.8. The maximum atomic E-state index is 2.37. The second-order valence-electron chi connectivity index (χ2n) is 12.6. The molecular weight excluding hydrogens is 599 g/mol. The van der Waals surface area contributed by atoms with Gasteiger partial charge in [-0.2, -0.15) is 0 Å². The van der Waals surface area contributed by atoms with Crippen LogP contribution in [0.25, 0.3) is 74.4 Å². The molecule has 224 valence electrons. The molecule has 0 radical (unpaired) electrons. The molecule has 0 unspecified atom stereocenters. The molecule has 2 heteroatoms. The van der Waals surface area contributed by atoms with Gasteiger partial charge >= 0.3 is 0 Å². The summed E-state index contributed by atoms with van der Waals surface area (Å²) in [6.45, 7) is 0. The maximum absolute atomic E-state index is 2.37. The van der Waals surface area contributed by atoms with Crippen molar-refractivity contribution in [1.29, 1.82) is 0 Å². The van der Waals surface area contributed by atoms with Gasteiger partial charge in [-0.3, -0.25) is 0 Å². The van der Waals surface area contributed by atoms with Crippen molar-refractivity contribution >= 4 is 91.7 Å². The van der Waals surface area contributed by atoms with Crippen molar-refractivity contribution in [2.45, 2.75) is 0 Å². The zero-order chi connectivity index (χ0) is 31.6. The highest BCUT2D eigenvalue weighted by Gasteiger charge is 2.16. The summed E-state index contributed by atoms with van der Waals surface area (Å²) in [5.74, 6) is 0. The number of fused-ring (bicyclic) bond motifs is 9. The molecule has 1 aromatic heterocycles. The Morgan fingerprint density at radius 2 is 1.00 bits per heavy atom. The number of benzene rings is 9. The first kappa shape index (κ1) is 27.2. The molecule has 0 aliphatic heterocycles. The summed E-state index contributed by atoms with van der Waals surface area (Å²) in [4.78, 5) is 2.37. The first-order chi connectivity index (χ1) is 23.8.